The van der Waals surface area contributed by atoms with Crippen molar-refractivity contribution in [1.29, 1.82) is 0 Å². The molecule has 3 rings (SSSR count). The van der Waals surface area contributed by atoms with Crippen LogP contribution in [0.4, 0.5) is 5.82 Å². The molecule has 1 saturated heterocycles. The minimum absolute atomic E-state index is 0.0219. The number of esters is 1. The molecule has 0 aromatic carbocycles. The van der Waals surface area contributed by atoms with Crippen molar-refractivity contribution >= 4 is 23.6 Å². The van der Waals surface area contributed by atoms with Crippen LogP contribution in [0.3, 0.4) is 0 Å². The standard InChI is InChI=1S/C17H24N4O4/c1-3-25-17(24)13-4-7-19(8-5-13)16(23)11-20-14-10-12(2)18-21(14)9-6-15(20)22/h10,13H,3-9,11H2,1-2H3. The Kier molecular flexibility index (Phi) is 5.06. The van der Waals surface area contributed by atoms with Crippen LogP contribution >= 0.6 is 0 Å². The highest BCUT2D eigenvalue weighted by Gasteiger charge is 2.32. The van der Waals surface area contributed by atoms with Gasteiger partial charge in [-0.3, -0.25) is 19.3 Å². The quantitative estimate of drug-likeness (QED) is 0.749. The van der Waals surface area contributed by atoms with Gasteiger partial charge in [0.1, 0.15) is 12.4 Å². The number of carbonyl (C=O) groups is 3. The first kappa shape index (κ1) is 17.4. The summed E-state index contributed by atoms with van der Waals surface area (Å²) in [6.45, 7) is 5.65. The minimum Gasteiger partial charge on any atom is -0.466 e. The zero-order chi connectivity index (χ0) is 18.0. The lowest BCUT2D eigenvalue weighted by atomic mass is 9.97. The van der Waals surface area contributed by atoms with Crippen LogP contribution in [0.25, 0.3) is 0 Å². The molecule has 1 aromatic rings. The first-order valence-corrected chi connectivity index (χ1v) is 8.78. The number of hydrogen-bond acceptors (Lipinski definition) is 5. The Bertz CT molecular complexity index is 676. The highest BCUT2D eigenvalue weighted by atomic mass is 16.5. The number of ether oxygens (including phenoxy) is 1. The van der Waals surface area contributed by atoms with Gasteiger partial charge in [0, 0.05) is 25.6 Å². The molecule has 8 heteroatoms. The van der Waals surface area contributed by atoms with E-state index < -0.39 is 0 Å². The average Bonchev–Trinajstić information content (AvgIpc) is 2.98. The number of aromatic nitrogens is 2. The second-order valence-corrected chi connectivity index (χ2v) is 6.50. The normalized spacial score (nSPS) is 18.2. The molecule has 0 aliphatic carbocycles. The van der Waals surface area contributed by atoms with Crippen molar-refractivity contribution < 1.29 is 19.1 Å². The summed E-state index contributed by atoms with van der Waals surface area (Å²) in [5.74, 6) is 0.221. The lowest BCUT2D eigenvalue weighted by Gasteiger charge is -2.33. The van der Waals surface area contributed by atoms with E-state index in [2.05, 4.69) is 5.10 Å². The number of fused-ring (bicyclic) bond motifs is 1. The molecule has 8 nitrogen and oxygen atoms in total. The zero-order valence-electron chi connectivity index (χ0n) is 14.7. The van der Waals surface area contributed by atoms with E-state index in [-0.39, 0.29) is 30.2 Å². The van der Waals surface area contributed by atoms with Crippen molar-refractivity contribution in [2.75, 3.05) is 31.1 Å². The van der Waals surface area contributed by atoms with Crippen LogP contribution < -0.4 is 4.90 Å². The van der Waals surface area contributed by atoms with E-state index in [4.69, 9.17) is 4.74 Å². The molecule has 2 aliphatic rings. The lowest BCUT2D eigenvalue weighted by Crippen LogP contribution is -2.48. The van der Waals surface area contributed by atoms with Gasteiger partial charge in [-0.15, -0.1) is 0 Å². The number of hydrogen-bond donors (Lipinski definition) is 0. The van der Waals surface area contributed by atoms with E-state index >= 15 is 0 Å². The number of nitrogens with zero attached hydrogens (tertiary/aromatic N) is 4. The Morgan fingerprint density at radius 3 is 2.68 bits per heavy atom. The fourth-order valence-corrected chi connectivity index (χ4v) is 3.41. The number of anilines is 1. The summed E-state index contributed by atoms with van der Waals surface area (Å²) in [4.78, 5) is 39.9. The number of likely N-dealkylation sites (tertiary alicyclic amines) is 1. The van der Waals surface area contributed by atoms with Gasteiger partial charge in [0.2, 0.25) is 11.8 Å². The molecule has 2 amide bonds. The third kappa shape index (κ3) is 3.67. The number of rotatable bonds is 4. The summed E-state index contributed by atoms with van der Waals surface area (Å²) in [5.41, 5.74) is 0.831. The topological polar surface area (TPSA) is 84.7 Å². The van der Waals surface area contributed by atoms with Crippen LogP contribution in [0.2, 0.25) is 0 Å². The Labute approximate surface area is 146 Å². The van der Waals surface area contributed by atoms with Gasteiger partial charge >= 0.3 is 5.97 Å². The SMILES string of the molecule is CCOC(=O)C1CCN(C(=O)CN2C(=O)CCn3nc(C)cc32)CC1. The molecule has 2 aliphatic heterocycles. The van der Waals surface area contributed by atoms with Gasteiger partial charge in [0.05, 0.1) is 24.8 Å². The Morgan fingerprint density at radius 1 is 1.28 bits per heavy atom. The molecule has 0 unspecified atom stereocenters. The fraction of sp³-hybridized carbons (Fsp3) is 0.647. The molecular formula is C17H24N4O4. The number of amides is 2. The van der Waals surface area contributed by atoms with E-state index in [0.29, 0.717) is 51.3 Å². The minimum atomic E-state index is -0.180. The summed E-state index contributed by atoms with van der Waals surface area (Å²) >= 11 is 0. The van der Waals surface area contributed by atoms with Crippen LogP contribution in [0, 0.1) is 12.8 Å². The molecule has 136 valence electrons. The molecule has 0 spiro atoms. The highest BCUT2D eigenvalue weighted by molar-refractivity contribution is 5.99. The van der Waals surface area contributed by atoms with Gasteiger partial charge in [-0.1, -0.05) is 0 Å². The van der Waals surface area contributed by atoms with Crippen molar-refractivity contribution in [1.82, 2.24) is 14.7 Å². The number of aryl methyl sites for hydroxylation is 2. The Morgan fingerprint density at radius 2 is 2.00 bits per heavy atom. The predicted molar refractivity (Wildman–Crippen MR) is 89.9 cm³/mol. The van der Waals surface area contributed by atoms with E-state index in [1.165, 1.54) is 4.90 Å². The van der Waals surface area contributed by atoms with Crippen molar-refractivity contribution in [3.63, 3.8) is 0 Å². The predicted octanol–water partition coefficient (Wildman–Crippen LogP) is 0.730. The highest BCUT2D eigenvalue weighted by Crippen LogP contribution is 2.24. The third-order valence-corrected chi connectivity index (χ3v) is 4.76. The summed E-state index contributed by atoms with van der Waals surface area (Å²) < 4.78 is 6.82. The van der Waals surface area contributed by atoms with E-state index in [1.807, 2.05) is 13.0 Å². The Balaban J connectivity index is 1.60. The monoisotopic (exact) mass is 348 g/mol. The maximum atomic E-state index is 12.6. The van der Waals surface area contributed by atoms with Crippen molar-refractivity contribution in [3.8, 4) is 0 Å². The van der Waals surface area contributed by atoms with Crippen molar-refractivity contribution in [2.24, 2.45) is 5.92 Å². The molecular weight excluding hydrogens is 324 g/mol. The second-order valence-electron chi connectivity index (χ2n) is 6.50. The van der Waals surface area contributed by atoms with Crippen molar-refractivity contribution in [2.45, 2.75) is 39.7 Å². The molecule has 0 atom stereocenters. The maximum Gasteiger partial charge on any atom is 0.309 e. The van der Waals surface area contributed by atoms with Crippen LogP contribution in [0.5, 0.6) is 0 Å². The van der Waals surface area contributed by atoms with Crippen molar-refractivity contribution in [3.05, 3.63) is 11.8 Å². The van der Waals surface area contributed by atoms with Gasteiger partial charge in [-0.2, -0.15) is 5.10 Å². The lowest BCUT2D eigenvalue weighted by molar-refractivity contribution is -0.151. The molecule has 25 heavy (non-hydrogen) atoms. The molecule has 0 bridgehead atoms. The first-order valence-electron chi connectivity index (χ1n) is 8.78. The van der Waals surface area contributed by atoms with Crippen LogP contribution in [0.1, 0.15) is 31.9 Å². The molecule has 3 heterocycles. The van der Waals surface area contributed by atoms with Crippen LogP contribution in [-0.4, -0.2) is 58.7 Å². The van der Waals surface area contributed by atoms with Crippen LogP contribution in [-0.2, 0) is 25.7 Å². The van der Waals surface area contributed by atoms with E-state index in [9.17, 15) is 14.4 Å². The third-order valence-electron chi connectivity index (χ3n) is 4.76. The molecule has 1 aromatic heterocycles. The molecule has 0 saturated carbocycles. The van der Waals surface area contributed by atoms with E-state index in [1.54, 1.807) is 16.5 Å². The van der Waals surface area contributed by atoms with E-state index in [0.717, 1.165) is 5.69 Å². The van der Waals surface area contributed by atoms with Gasteiger partial charge in [0.25, 0.3) is 0 Å². The largest absolute Gasteiger partial charge is 0.466 e. The number of piperidine rings is 1. The first-order chi connectivity index (χ1) is 12.0. The molecule has 0 radical (unpaired) electrons. The molecule has 1 fully saturated rings. The molecule has 0 N–H and O–H groups in total. The van der Waals surface area contributed by atoms with Gasteiger partial charge < -0.3 is 9.64 Å². The van der Waals surface area contributed by atoms with Gasteiger partial charge in [-0.05, 0) is 26.7 Å². The number of carbonyl (C=O) groups excluding carboxylic acids is 3. The fourth-order valence-electron chi connectivity index (χ4n) is 3.41. The summed E-state index contributed by atoms with van der Waals surface area (Å²) in [6.07, 6.45) is 1.57. The maximum absolute atomic E-state index is 12.6. The summed E-state index contributed by atoms with van der Waals surface area (Å²) in [7, 11) is 0. The average molecular weight is 348 g/mol. The van der Waals surface area contributed by atoms with Crippen LogP contribution in [0.15, 0.2) is 6.07 Å². The summed E-state index contributed by atoms with van der Waals surface area (Å²) in [6, 6.07) is 1.83. The Hall–Kier alpha value is -2.38. The van der Waals surface area contributed by atoms with Gasteiger partial charge in [0.15, 0.2) is 0 Å². The smallest absolute Gasteiger partial charge is 0.309 e. The zero-order valence-corrected chi connectivity index (χ0v) is 14.7. The van der Waals surface area contributed by atoms with Gasteiger partial charge in [-0.25, -0.2) is 4.68 Å². The summed E-state index contributed by atoms with van der Waals surface area (Å²) in [5, 5.41) is 4.35. The second kappa shape index (κ2) is 7.25.